The molecule has 1 fully saturated rings. The third-order valence-corrected chi connectivity index (χ3v) is 5.21. The van der Waals surface area contributed by atoms with E-state index >= 15 is 0 Å². The van der Waals surface area contributed by atoms with Crippen LogP contribution in [-0.2, 0) is 0 Å². The summed E-state index contributed by atoms with van der Waals surface area (Å²) in [5.41, 5.74) is 1.15. The van der Waals surface area contributed by atoms with E-state index in [9.17, 15) is 5.11 Å². The normalized spacial score (nSPS) is 16.3. The SMILES string of the molecule is COc1ccccc1N1CC[NH+](C[C@@H](O)COc2ccc(Br)cc2)CC1. The van der Waals surface area contributed by atoms with E-state index in [2.05, 4.69) is 26.9 Å². The van der Waals surface area contributed by atoms with E-state index in [0.29, 0.717) is 13.2 Å². The number of hydrogen-bond donors (Lipinski definition) is 2. The van der Waals surface area contributed by atoms with Gasteiger partial charge in [0.1, 0.15) is 30.8 Å². The molecule has 0 spiro atoms. The predicted molar refractivity (Wildman–Crippen MR) is 106 cm³/mol. The van der Waals surface area contributed by atoms with Crippen molar-refractivity contribution in [3.63, 3.8) is 0 Å². The van der Waals surface area contributed by atoms with Gasteiger partial charge in [0.05, 0.1) is 39.0 Å². The number of benzene rings is 2. The smallest absolute Gasteiger partial charge is 0.142 e. The summed E-state index contributed by atoms with van der Waals surface area (Å²) in [5, 5.41) is 10.3. The summed E-state index contributed by atoms with van der Waals surface area (Å²) < 4.78 is 12.2. The van der Waals surface area contributed by atoms with Gasteiger partial charge < -0.3 is 24.4 Å². The molecule has 0 unspecified atom stereocenters. The lowest BCUT2D eigenvalue weighted by Gasteiger charge is -2.35. The molecule has 0 aromatic heterocycles. The summed E-state index contributed by atoms with van der Waals surface area (Å²) in [5.74, 6) is 1.70. The average Bonchev–Trinajstić information content (AvgIpc) is 2.68. The Morgan fingerprint density at radius 2 is 1.81 bits per heavy atom. The van der Waals surface area contributed by atoms with Gasteiger partial charge in [-0.25, -0.2) is 0 Å². The summed E-state index contributed by atoms with van der Waals surface area (Å²) in [6, 6.07) is 15.8. The molecule has 1 aliphatic heterocycles. The molecule has 140 valence electrons. The standard InChI is InChI=1S/C20H25BrN2O3/c1-25-20-5-3-2-4-19(20)23-12-10-22(11-13-23)14-17(24)15-26-18-8-6-16(21)7-9-18/h2-9,17,24H,10-15H2,1H3/p+1/t17-/m1/s1. The van der Waals surface area contributed by atoms with Crippen LogP contribution in [0.2, 0.25) is 0 Å². The highest BCUT2D eigenvalue weighted by atomic mass is 79.9. The Hall–Kier alpha value is -1.76. The number of para-hydroxylation sites is 2. The van der Waals surface area contributed by atoms with Crippen molar-refractivity contribution in [3.8, 4) is 11.5 Å². The maximum atomic E-state index is 10.3. The monoisotopic (exact) mass is 421 g/mol. The number of ether oxygens (including phenoxy) is 2. The van der Waals surface area contributed by atoms with Crippen molar-refractivity contribution in [1.29, 1.82) is 0 Å². The third-order valence-electron chi connectivity index (χ3n) is 4.68. The molecular weight excluding hydrogens is 396 g/mol. The summed E-state index contributed by atoms with van der Waals surface area (Å²) in [7, 11) is 1.71. The minimum absolute atomic E-state index is 0.321. The van der Waals surface area contributed by atoms with E-state index in [-0.39, 0.29) is 0 Å². The van der Waals surface area contributed by atoms with Crippen LogP contribution in [-0.4, -0.2) is 57.7 Å². The first-order chi connectivity index (χ1) is 12.7. The van der Waals surface area contributed by atoms with Crippen molar-refractivity contribution in [1.82, 2.24) is 0 Å². The molecule has 1 saturated heterocycles. The maximum Gasteiger partial charge on any atom is 0.142 e. The van der Waals surface area contributed by atoms with Gasteiger partial charge in [-0.05, 0) is 36.4 Å². The molecule has 6 heteroatoms. The zero-order valence-electron chi connectivity index (χ0n) is 15.0. The van der Waals surface area contributed by atoms with Crippen LogP contribution < -0.4 is 19.3 Å². The molecule has 0 amide bonds. The van der Waals surface area contributed by atoms with Gasteiger partial charge in [0.15, 0.2) is 0 Å². The Kier molecular flexibility index (Phi) is 6.77. The number of nitrogens with zero attached hydrogens (tertiary/aromatic N) is 1. The van der Waals surface area contributed by atoms with Crippen LogP contribution in [0.3, 0.4) is 0 Å². The van der Waals surface area contributed by atoms with Crippen molar-refractivity contribution in [3.05, 3.63) is 53.0 Å². The first-order valence-corrected chi connectivity index (χ1v) is 9.73. The first-order valence-electron chi connectivity index (χ1n) is 8.93. The Bertz CT molecular complexity index is 688. The number of rotatable bonds is 7. The number of halogens is 1. The lowest BCUT2D eigenvalue weighted by molar-refractivity contribution is -0.903. The quantitative estimate of drug-likeness (QED) is 0.712. The van der Waals surface area contributed by atoms with Gasteiger partial charge in [-0.2, -0.15) is 0 Å². The van der Waals surface area contributed by atoms with E-state index < -0.39 is 6.10 Å². The minimum atomic E-state index is -0.466. The topological polar surface area (TPSA) is 46.4 Å². The predicted octanol–water partition coefficient (Wildman–Crippen LogP) is 1.60. The van der Waals surface area contributed by atoms with Gasteiger partial charge in [-0.3, -0.25) is 0 Å². The van der Waals surface area contributed by atoms with Crippen molar-refractivity contribution >= 4 is 21.6 Å². The van der Waals surface area contributed by atoms with Crippen LogP contribution >= 0.6 is 15.9 Å². The van der Waals surface area contributed by atoms with Crippen LogP contribution in [0, 0.1) is 0 Å². The third kappa shape index (κ3) is 5.13. The van der Waals surface area contributed by atoms with Crippen LogP contribution in [0.25, 0.3) is 0 Å². The fourth-order valence-electron chi connectivity index (χ4n) is 3.27. The molecule has 0 saturated carbocycles. The Morgan fingerprint density at radius 3 is 2.50 bits per heavy atom. The number of aliphatic hydroxyl groups excluding tert-OH is 1. The zero-order valence-corrected chi connectivity index (χ0v) is 16.6. The van der Waals surface area contributed by atoms with Crippen molar-refractivity contribution < 1.29 is 19.5 Å². The second kappa shape index (κ2) is 9.26. The number of hydrogen-bond acceptors (Lipinski definition) is 4. The number of anilines is 1. The molecule has 0 aliphatic carbocycles. The van der Waals surface area contributed by atoms with Crippen molar-refractivity contribution in [2.45, 2.75) is 6.10 Å². The fraction of sp³-hybridized carbons (Fsp3) is 0.400. The molecule has 2 aromatic carbocycles. The molecule has 5 nitrogen and oxygen atoms in total. The number of aliphatic hydroxyl groups is 1. The van der Waals surface area contributed by atoms with E-state index in [1.165, 1.54) is 4.90 Å². The van der Waals surface area contributed by atoms with Crippen LogP contribution in [0.5, 0.6) is 11.5 Å². The molecule has 2 aromatic rings. The summed E-state index contributed by atoms with van der Waals surface area (Å²) in [6.45, 7) is 4.92. The molecule has 26 heavy (non-hydrogen) atoms. The fourth-order valence-corrected chi connectivity index (χ4v) is 3.54. The molecule has 0 radical (unpaired) electrons. The molecular formula is C20H26BrN2O3+. The highest BCUT2D eigenvalue weighted by molar-refractivity contribution is 9.10. The number of methoxy groups -OCH3 is 1. The molecule has 1 aliphatic rings. The van der Waals surface area contributed by atoms with Gasteiger partial charge in [0.25, 0.3) is 0 Å². The second-order valence-corrected chi connectivity index (χ2v) is 7.45. The van der Waals surface area contributed by atoms with Gasteiger partial charge in [0, 0.05) is 4.47 Å². The summed E-state index contributed by atoms with van der Waals surface area (Å²) in [6.07, 6.45) is -0.466. The van der Waals surface area contributed by atoms with Crippen LogP contribution in [0.4, 0.5) is 5.69 Å². The average molecular weight is 422 g/mol. The maximum absolute atomic E-state index is 10.3. The number of nitrogens with one attached hydrogen (secondary N) is 1. The molecule has 1 atom stereocenters. The van der Waals surface area contributed by atoms with Crippen LogP contribution in [0.1, 0.15) is 0 Å². The summed E-state index contributed by atoms with van der Waals surface area (Å²) in [4.78, 5) is 3.76. The van der Waals surface area contributed by atoms with Gasteiger partial charge in [-0.1, -0.05) is 28.1 Å². The van der Waals surface area contributed by atoms with Gasteiger partial charge >= 0.3 is 0 Å². The highest BCUT2D eigenvalue weighted by Gasteiger charge is 2.24. The second-order valence-electron chi connectivity index (χ2n) is 6.53. The lowest BCUT2D eigenvalue weighted by atomic mass is 10.2. The largest absolute Gasteiger partial charge is 0.495 e. The van der Waals surface area contributed by atoms with E-state index in [4.69, 9.17) is 9.47 Å². The number of quaternary nitrogens is 1. The molecule has 0 bridgehead atoms. The van der Waals surface area contributed by atoms with Crippen molar-refractivity contribution in [2.24, 2.45) is 0 Å². The van der Waals surface area contributed by atoms with E-state index in [1.54, 1.807) is 7.11 Å². The summed E-state index contributed by atoms with van der Waals surface area (Å²) >= 11 is 3.40. The minimum Gasteiger partial charge on any atom is -0.495 e. The highest BCUT2D eigenvalue weighted by Crippen LogP contribution is 2.27. The number of piperazine rings is 1. The molecule has 3 rings (SSSR count). The first kappa shape index (κ1) is 19.0. The van der Waals surface area contributed by atoms with Gasteiger partial charge in [0.2, 0.25) is 0 Å². The Labute approximate surface area is 163 Å². The van der Waals surface area contributed by atoms with E-state index in [0.717, 1.165) is 47.8 Å². The van der Waals surface area contributed by atoms with Crippen molar-refractivity contribution in [2.75, 3.05) is 51.3 Å². The van der Waals surface area contributed by atoms with E-state index in [1.807, 2.05) is 42.5 Å². The van der Waals surface area contributed by atoms with Crippen LogP contribution in [0.15, 0.2) is 53.0 Å². The lowest BCUT2D eigenvalue weighted by Crippen LogP contribution is -3.16. The molecule has 2 N–H and O–H groups in total. The Morgan fingerprint density at radius 1 is 1.12 bits per heavy atom. The van der Waals surface area contributed by atoms with Gasteiger partial charge in [-0.15, -0.1) is 0 Å². The Balaban J connectivity index is 1.44. The zero-order chi connectivity index (χ0) is 18.4. The molecule has 1 heterocycles.